The SMILES string of the molecule is OC(CCl)C(O)c1cnc2ccccc2n1. The van der Waals surface area contributed by atoms with Gasteiger partial charge in [0.15, 0.2) is 0 Å². The number of rotatable bonds is 3. The summed E-state index contributed by atoms with van der Waals surface area (Å²) in [4.78, 5) is 8.36. The maximum absolute atomic E-state index is 9.71. The van der Waals surface area contributed by atoms with Crippen molar-refractivity contribution in [2.75, 3.05) is 5.88 Å². The summed E-state index contributed by atoms with van der Waals surface area (Å²) in [5, 5.41) is 19.1. The number of nitrogens with zero attached hydrogens (tertiary/aromatic N) is 2. The second-order valence-electron chi connectivity index (χ2n) is 3.45. The summed E-state index contributed by atoms with van der Waals surface area (Å²) in [6, 6.07) is 7.33. The molecule has 84 valence electrons. The predicted molar refractivity (Wildman–Crippen MR) is 61.2 cm³/mol. The zero-order valence-electron chi connectivity index (χ0n) is 8.42. The average Bonchev–Trinajstić information content (AvgIpc) is 2.36. The second kappa shape index (κ2) is 4.74. The maximum atomic E-state index is 9.71. The van der Waals surface area contributed by atoms with E-state index >= 15 is 0 Å². The molecule has 2 unspecified atom stereocenters. The Hall–Kier alpha value is -1.23. The van der Waals surface area contributed by atoms with Gasteiger partial charge in [0.2, 0.25) is 0 Å². The van der Waals surface area contributed by atoms with Crippen molar-refractivity contribution in [1.82, 2.24) is 9.97 Å². The van der Waals surface area contributed by atoms with Gasteiger partial charge >= 0.3 is 0 Å². The Kier molecular flexibility index (Phi) is 3.33. The quantitative estimate of drug-likeness (QED) is 0.791. The van der Waals surface area contributed by atoms with Crippen LogP contribution in [0.1, 0.15) is 11.8 Å². The van der Waals surface area contributed by atoms with Crippen molar-refractivity contribution in [3.05, 3.63) is 36.2 Å². The number of aromatic nitrogens is 2. The number of benzene rings is 1. The molecule has 0 aliphatic carbocycles. The number of fused-ring (bicyclic) bond motifs is 1. The fourth-order valence-corrected chi connectivity index (χ4v) is 1.56. The van der Waals surface area contributed by atoms with Crippen LogP contribution < -0.4 is 0 Å². The Morgan fingerprint density at radius 2 is 1.88 bits per heavy atom. The molecule has 0 radical (unpaired) electrons. The van der Waals surface area contributed by atoms with E-state index in [9.17, 15) is 10.2 Å². The molecule has 4 nitrogen and oxygen atoms in total. The van der Waals surface area contributed by atoms with E-state index in [1.54, 1.807) is 6.07 Å². The molecule has 0 spiro atoms. The molecule has 2 rings (SSSR count). The van der Waals surface area contributed by atoms with Crippen LogP contribution in [0, 0.1) is 0 Å². The molecule has 0 saturated carbocycles. The number of aliphatic hydroxyl groups is 2. The lowest BCUT2D eigenvalue weighted by atomic mass is 10.1. The normalized spacial score (nSPS) is 14.9. The van der Waals surface area contributed by atoms with Gasteiger partial charge in [-0.25, -0.2) is 4.98 Å². The summed E-state index contributed by atoms with van der Waals surface area (Å²) in [7, 11) is 0. The molecular formula is C11H11ClN2O2. The van der Waals surface area contributed by atoms with Crippen LogP contribution in [0.2, 0.25) is 0 Å². The molecule has 1 aromatic carbocycles. The second-order valence-corrected chi connectivity index (χ2v) is 3.76. The van der Waals surface area contributed by atoms with E-state index in [0.717, 1.165) is 5.52 Å². The molecule has 0 aliphatic heterocycles. The Morgan fingerprint density at radius 1 is 1.19 bits per heavy atom. The summed E-state index contributed by atoms with van der Waals surface area (Å²) in [6.45, 7) is 0. The van der Waals surface area contributed by atoms with Crippen LogP contribution in [0.3, 0.4) is 0 Å². The van der Waals surface area contributed by atoms with Gasteiger partial charge < -0.3 is 10.2 Å². The molecule has 0 aliphatic rings. The smallest absolute Gasteiger partial charge is 0.124 e. The third kappa shape index (κ3) is 2.14. The Labute approximate surface area is 97.5 Å². The highest BCUT2D eigenvalue weighted by Gasteiger charge is 2.19. The van der Waals surface area contributed by atoms with Crippen molar-refractivity contribution in [3.63, 3.8) is 0 Å². The van der Waals surface area contributed by atoms with Gasteiger partial charge in [0, 0.05) is 0 Å². The van der Waals surface area contributed by atoms with E-state index in [0.29, 0.717) is 11.2 Å². The molecule has 1 heterocycles. The maximum Gasteiger partial charge on any atom is 0.124 e. The van der Waals surface area contributed by atoms with E-state index in [4.69, 9.17) is 11.6 Å². The zero-order valence-corrected chi connectivity index (χ0v) is 9.17. The molecule has 2 N–H and O–H groups in total. The highest BCUT2D eigenvalue weighted by atomic mass is 35.5. The highest BCUT2D eigenvalue weighted by molar-refractivity contribution is 6.18. The molecule has 16 heavy (non-hydrogen) atoms. The monoisotopic (exact) mass is 238 g/mol. The summed E-state index contributed by atoms with van der Waals surface area (Å²) >= 11 is 5.46. The van der Waals surface area contributed by atoms with Gasteiger partial charge in [-0.05, 0) is 12.1 Å². The average molecular weight is 239 g/mol. The van der Waals surface area contributed by atoms with Crippen LogP contribution in [-0.4, -0.2) is 32.2 Å². The minimum absolute atomic E-state index is 0.0460. The Morgan fingerprint density at radius 3 is 2.56 bits per heavy atom. The van der Waals surface area contributed by atoms with Crippen molar-refractivity contribution in [3.8, 4) is 0 Å². The van der Waals surface area contributed by atoms with E-state index in [1.807, 2.05) is 18.2 Å². The lowest BCUT2D eigenvalue weighted by molar-refractivity contribution is 0.0300. The summed E-state index contributed by atoms with van der Waals surface area (Å²) in [5.74, 6) is -0.0460. The van der Waals surface area contributed by atoms with Crippen molar-refractivity contribution in [2.24, 2.45) is 0 Å². The minimum atomic E-state index is -1.10. The van der Waals surface area contributed by atoms with E-state index in [2.05, 4.69) is 9.97 Å². The van der Waals surface area contributed by atoms with Crippen LogP contribution in [0.25, 0.3) is 11.0 Å². The van der Waals surface area contributed by atoms with Gasteiger partial charge in [0.25, 0.3) is 0 Å². The predicted octanol–water partition coefficient (Wildman–Crippen LogP) is 1.26. The zero-order chi connectivity index (χ0) is 11.5. The molecule has 0 amide bonds. The van der Waals surface area contributed by atoms with E-state index < -0.39 is 12.2 Å². The molecule has 1 aromatic heterocycles. The first kappa shape index (κ1) is 11.3. The van der Waals surface area contributed by atoms with Crippen LogP contribution in [0.5, 0.6) is 0 Å². The van der Waals surface area contributed by atoms with Crippen molar-refractivity contribution < 1.29 is 10.2 Å². The van der Waals surface area contributed by atoms with Crippen LogP contribution in [-0.2, 0) is 0 Å². The van der Waals surface area contributed by atoms with E-state index in [1.165, 1.54) is 6.20 Å². The first-order valence-corrected chi connectivity index (χ1v) is 5.39. The van der Waals surface area contributed by atoms with Crippen molar-refractivity contribution in [2.45, 2.75) is 12.2 Å². The van der Waals surface area contributed by atoms with E-state index in [-0.39, 0.29) is 5.88 Å². The van der Waals surface area contributed by atoms with Gasteiger partial charge in [-0.1, -0.05) is 12.1 Å². The van der Waals surface area contributed by atoms with Gasteiger partial charge in [-0.3, -0.25) is 4.98 Å². The first-order chi connectivity index (χ1) is 7.72. The number of alkyl halides is 1. The standard InChI is InChI=1S/C11H11ClN2O2/c12-5-10(15)11(16)9-6-13-7-3-1-2-4-8(7)14-9/h1-4,6,10-11,15-16H,5H2. The van der Waals surface area contributed by atoms with Crippen molar-refractivity contribution in [1.29, 1.82) is 0 Å². The summed E-state index contributed by atoms with van der Waals surface area (Å²) in [5.41, 5.74) is 1.76. The highest BCUT2D eigenvalue weighted by Crippen LogP contribution is 2.17. The topological polar surface area (TPSA) is 66.2 Å². The minimum Gasteiger partial charge on any atom is -0.389 e. The Balaban J connectivity index is 2.39. The number of hydrogen-bond donors (Lipinski definition) is 2. The molecule has 0 fully saturated rings. The van der Waals surface area contributed by atoms with Gasteiger partial charge in [0.1, 0.15) is 6.10 Å². The summed E-state index contributed by atoms with van der Waals surface area (Å²) < 4.78 is 0. The molecular weight excluding hydrogens is 228 g/mol. The fraction of sp³-hybridized carbons (Fsp3) is 0.273. The Bertz CT molecular complexity index is 492. The number of halogens is 1. The lowest BCUT2D eigenvalue weighted by Gasteiger charge is -2.14. The fourth-order valence-electron chi connectivity index (χ4n) is 1.40. The number of aliphatic hydroxyl groups excluding tert-OH is 2. The van der Waals surface area contributed by atoms with Crippen LogP contribution in [0.4, 0.5) is 0 Å². The largest absolute Gasteiger partial charge is 0.389 e. The summed E-state index contributed by atoms with van der Waals surface area (Å²) in [6.07, 6.45) is -0.685. The molecule has 5 heteroatoms. The first-order valence-electron chi connectivity index (χ1n) is 4.86. The molecule has 2 aromatic rings. The third-order valence-electron chi connectivity index (χ3n) is 2.29. The number of para-hydroxylation sites is 2. The van der Waals surface area contributed by atoms with Crippen LogP contribution >= 0.6 is 11.6 Å². The number of hydrogen-bond acceptors (Lipinski definition) is 4. The molecule has 0 bridgehead atoms. The van der Waals surface area contributed by atoms with Gasteiger partial charge in [0.05, 0.1) is 34.9 Å². The van der Waals surface area contributed by atoms with Crippen LogP contribution in [0.15, 0.2) is 30.5 Å². The third-order valence-corrected chi connectivity index (χ3v) is 2.61. The van der Waals surface area contributed by atoms with Gasteiger partial charge in [-0.2, -0.15) is 0 Å². The van der Waals surface area contributed by atoms with Crippen molar-refractivity contribution >= 4 is 22.6 Å². The molecule has 2 atom stereocenters. The van der Waals surface area contributed by atoms with Gasteiger partial charge in [-0.15, -0.1) is 11.6 Å². The lowest BCUT2D eigenvalue weighted by Crippen LogP contribution is -2.20. The molecule has 0 saturated heterocycles.